The lowest BCUT2D eigenvalue weighted by atomic mass is 9.77. The second-order valence-corrected chi connectivity index (χ2v) is 13.2. The molecule has 0 aliphatic carbocycles. The number of likely N-dealkylation sites (tertiary alicyclic amines) is 1. The van der Waals surface area contributed by atoms with Gasteiger partial charge in [0, 0.05) is 44.4 Å². The number of aliphatic carboxylic acids is 1. The second-order valence-electron chi connectivity index (χ2n) is 13.2. The van der Waals surface area contributed by atoms with Gasteiger partial charge < -0.3 is 19.2 Å². The summed E-state index contributed by atoms with van der Waals surface area (Å²) in [6, 6.07) is 5.93. The van der Waals surface area contributed by atoms with Crippen molar-refractivity contribution in [2.45, 2.75) is 71.8 Å². The summed E-state index contributed by atoms with van der Waals surface area (Å²) in [5.41, 5.74) is 2.02. The third-order valence-corrected chi connectivity index (χ3v) is 8.26. The number of carboxylic acids is 1. The maximum atomic E-state index is 13.8. The number of carbonyl (C=O) groups is 2. The topological polar surface area (TPSA) is 70.1 Å². The zero-order valence-electron chi connectivity index (χ0n) is 25.4. The highest BCUT2D eigenvalue weighted by Crippen LogP contribution is 2.43. The van der Waals surface area contributed by atoms with Gasteiger partial charge in [0.25, 0.3) is 0 Å². The van der Waals surface area contributed by atoms with Crippen molar-refractivity contribution in [3.05, 3.63) is 41.5 Å². The van der Waals surface area contributed by atoms with E-state index in [1.165, 1.54) is 0 Å². The number of carbonyl (C=O) groups excluding carboxylic acids is 1. The highest BCUT2D eigenvalue weighted by molar-refractivity contribution is 5.79. The number of nitrogens with zero attached hydrogens (tertiary/aromatic N) is 3. The highest BCUT2D eigenvalue weighted by atomic mass is 16.5. The van der Waals surface area contributed by atoms with Crippen LogP contribution in [0.4, 0.5) is 0 Å². The molecule has 1 N–H and O–H groups in total. The Labute approximate surface area is 236 Å². The van der Waals surface area contributed by atoms with Crippen LogP contribution in [0.1, 0.15) is 70.4 Å². The Hall–Kier alpha value is -2.38. The molecule has 39 heavy (non-hydrogen) atoms. The largest absolute Gasteiger partial charge is 0.493 e. The lowest BCUT2D eigenvalue weighted by molar-refractivity contribution is -0.870. The van der Waals surface area contributed by atoms with Gasteiger partial charge in [0.2, 0.25) is 5.91 Å². The minimum Gasteiger partial charge on any atom is -0.493 e. The smallest absolute Gasteiger partial charge is 0.308 e. The first-order valence-corrected chi connectivity index (χ1v) is 14.8. The molecule has 3 rings (SSSR count). The quantitative estimate of drug-likeness (QED) is 0.270. The molecule has 0 saturated carbocycles. The summed E-state index contributed by atoms with van der Waals surface area (Å²) in [7, 11) is 6.53. The maximum Gasteiger partial charge on any atom is 0.308 e. The number of carboxylic acid groups (broad SMARTS) is 1. The average Bonchev–Trinajstić information content (AvgIpc) is 3.44. The van der Waals surface area contributed by atoms with Crippen LogP contribution < -0.4 is 4.74 Å². The van der Waals surface area contributed by atoms with Crippen molar-refractivity contribution in [3.63, 3.8) is 0 Å². The fourth-order valence-corrected chi connectivity index (χ4v) is 6.30. The lowest BCUT2D eigenvalue weighted by Gasteiger charge is -2.34. The van der Waals surface area contributed by atoms with Crippen LogP contribution in [0.25, 0.3) is 0 Å². The molecule has 0 bridgehead atoms. The van der Waals surface area contributed by atoms with Crippen molar-refractivity contribution in [2.24, 2.45) is 11.3 Å². The van der Waals surface area contributed by atoms with E-state index in [-0.39, 0.29) is 29.8 Å². The van der Waals surface area contributed by atoms with Crippen molar-refractivity contribution in [1.29, 1.82) is 0 Å². The van der Waals surface area contributed by atoms with Crippen molar-refractivity contribution < 1.29 is 23.9 Å². The molecule has 7 heteroatoms. The van der Waals surface area contributed by atoms with Gasteiger partial charge in [-0.25, -0.2) is 0 Å². The van der Waals surface area contributed by atoms with Crippen molar-refractivity contribution in [3.8, 4) is 5.75 Å². The number of benzene rings is 1. The number of hydrogen-bond donors (Lipinski definition) is 1. The van der Waals surface area contributed by atoms with Gasteiger partial charge in [0.1, 0.15) is 5.75 Å². The molecule has 2 aliphatic rings. The Kier molecular flexibility index (Phi) is 10.6. The number of quaternary nitrogens is 1. The fourth-order valence-electron chi connectivity index (χ4n) is 6.30. The number of allylic oxidation sites excluding steroid dienone is 2. The van der Waals surface area contributed by atoms with Gasteiger partial charge in [0.15, 0.2) is 0 Å². The molecule has 0 aromatic heterocycles. The van der Waals surface area contributed by atoms with Crippen LogP contribution in [0, 0.1) is 11.3 Å². The first-order chi connectivity index (χ1) is 18.3. The maximum absolute atomic E-state index is 13.8. The average molecular weight is 543 g/mol. The predicted molar refractivity (Wildman–Crippen MR) is 157 cm³/mol. The molecule has 1 aromatic carbocycles. The van der Waals surface area contributed by atoms with Crippen LogP contribution in [0.3, 0.4) is 0 Å². The van der Waals surface area contributed by atoms with E-state index in [2.05, 4.69) is 59.0 Å². The molecule has 218 valence electrons. The summed E-state index contributed by atoms with van der Waals surface area (Å²) in [5.74, 6) is -0.508. The van der Waals surface area contributed by atoms with Crippen LogP contribution in [-0.4, -0.2) is 97.8 Å². The molecule has 1 aromatic rings. The van der Waals surface area contributed by atoms with Gasteiger partial charge in [-0.3, -0.25) is 14.5 Å². The van der Waals surface area contributed by atoms with E-state index >= 15 is 0 Å². The molecule has 1 fully saturated rings. The van der Waals surface area contributed by atoms with Crippen LogP contribution in [0.15, 0.2) is 30.4 Å². The Bertz CT molecular complexity index is 1010. The van der Waals surface area contributed by atoms with Crippen LogP contribution in [-0.2, 0) is 16.0 Å². The number of ether oxygens (including phenoxy) is 1. The monoisotopic (exact) mass is 542 g/mol. The minimum atomic E-state index is -0.779. The molecule has 0 spiro atoms. The fraction of sp³-hybridized carbons (Fsp3) is 0.688. The summed E-state index contributed by atoms with van der Waals surface area (Å²) < 4.78 is 6.58. The number of fused-ring (bicyclic) bond motifs is 1. The molecule has 1 saturated heterocycles. The number of unbranched alkanes of at least 4 members (excludes halogenated alkanes) is 1. The zero-order chi connectivity index (χ0) is 28.8. The van der Waals surface area contributed by atoms with E-state index in [1.807, 2.05) is 30.0 Å². The summed E-state index contributed by atoms with van der Waals surface area (Å²) in [4.78, 5) is 30.8. The SMILES string of the molecule is C/C=C/C(C)(C)C[C@H]1[C@H](C(=O)O)[C@@H](c2ccc3c(c2)CCO3)CN1CC(=O)N(CCCC)CCC[N+](C)(C)C. The Morgan fingerprint density at radius 1 is 1.21 bits per heavy atom. The van der Waals surface area contributed by atoms with Crippen LogP contribution in [0.2, 0.25) is 0 Å². The van der Waals surface area contributed by atoms with Gasteiger partial charge in [-0.05, 0) is 42.4 Å². The standard InChI is InChI=1S/C32H51N3O4/c1-8-10-16-33(17-11-18-35(5,6)7)29(36)23-34-22-26(24-12-13-28-25(20-24)14-19-39-28)30(31(37)38)27(34)21-32(3,4)15-9-2/h9,12-13,15,20,26-27,30H,8,10-11,14,16-19,21-23H2,1-7H3/p+1/b15-9+/t26-,27+,30-/m1/s1. The molecular formula is C32H52N3O4+. The van der Waals surface area contributed by atoms with E-state index in [0.717, 1.165) is 66.7 Å². The summed E-state index contributed by atoms with van der Waals surface area (Å²) in [6.45, 7) is 12.5. The molecular weight excluding hydrogens is 490 g/mol. The molecule has 0 unspecified atom stereocenters. The Morgan fingerprint density at radius 2 is 1.92 bits per heavy atom. The Balaban J connectivity index is 1.88. The summed E-state index contributed by atoms with van der Waals surface area (Å²) >= 11 is 0. The molecule has 3 atom stereocenters. The van der Waals surface area contributed by atoms with Crippen LogP contribution >= 0.6 is 0 Å². The summed E-state index contributed by atoms with van der Waals surface area (Å²) in [5, 5.41) is 10.5. The van der Waals surface area contributed by atoms with Crippen molar-refractivity contribution >= 4 is 11.9 Å². The molecule has 1 amide bonds. The molecule has 2 heterocycles. The van der Waals surface area contributed by atoms with Gasteiger partial charge in [0.05, 0.1) is 46.8 Å². The Morgan fingerprint density at radius 3 is 2.56 bits per heavy atom. The van der Waals surface area contributed by atoms with Gasteiger partial charge >= 0.3 is 5.97 Å². The minimum absolute atomic E-state index is 0.117. The van der Waals surface area contributed by atoms with E-state index in [9.17, 15) is 14.7 Å². The van der Waals surface area contributed by atoms with E-state index in [1.54, 1.807) is 0 Å². The summed E-state index contributed by atoms with van der Waals surface area (Å²) in [6.07, 6.45) is 8.70. The predicted octanol–water partition coefficient (Wildman–Crippen LogP) is 4.81. The number of rotatable bonds is 14. The van der Waals surface area contributed by atoms with E-state index in [0.29, 0.717) is 19.6 Å². The highest BCUT2D eigenvalue weighted by Gasteiger charge is 2.48. The zero-order valence-corrected chi connectivity index (χ0v) is 25.4. The van der Waals surface area contributed by atoms with Crippen molar-refractivity contribution in [2.75, 3.05) is 60.5 Å². The van der Waals surface area contributed by atoms with Crippen LogP contribution in [0.5, 0.6) is 5.75 Å². The van der Waals surface area contributed by atoms with Gasteiger partial charge in [-0.1, -0.05) is 51.5 Å². The second kappa shape index (κ2) is 13.3. The number of amides is 1. The number of hydrogen-bond acceptors (Lipinski definition) is 4. The first kappa shape index (κ1) is 31.2. The van der Waals surface area contributed by atoms with Gasteiger partial charge in [-0.2, -0.15) is 0 Å². The van der Waals surface area contributed by atoms with Crippen molar-refractivity contribution in [1.82, 2.24) is 9.80 Å². The third kappa shape index (κ3) is 8.55. The van der Waals surface area contributed by atoms with E-state index in [4.69, 9.17) is 4.74 Å². The third-order valence-electron chi connectivity index (χ3n) is 8.26. The normalized spacial score (nSPS) is 21.8. The van der Waals surface area contributed by atoms with Gasteiger partial charge in [-0.15, -0.1) is 0 Å². The van der Waals surface area contributed by atoms with E-state index < -0.39 is 11.9 Å². The lowest BCUT2D eigenvalue weighted by Crippen LogP contribution is -2.46. The molecule has 2 aliphatic heterocycles. The molecule has 0 radical (unpaired) electrons. The first-order valence-electron chi connectivity index (χ1n) is 14.8. The molecule has 7 nitrogen and oxygen atoms in total.